The van der Waals surface area contributed by atoms with Crippen LogP contribution >= 0.6 is 0 Å². The molecule has 82 valence electrons. The second kappa shape index (κ2) is 5.36. The van der Waals surface area contributed by atoms with E-state index in [0.29, 0.717) is 6.54 Å². The van der Waals surface area contributed by atoms with Crippen LogP contribution in [-0.2, 0) is 6.42 Å². The fraction of sp³-hybridized carbons (Fsp3) is 0.364. The molecule has 1 amide bonds. The molecule has 5 N–H and O–H groups in total. The SMILES string of the molecule is NCCCCc1ccc(O)c(C(N)=O)c1. The summed E-state index contributed by atoms with van der Waals surface area (Å²) in [5.41, 5.74) is 11.7. The molecule has 4 nitrogen and oxygen atoms in total. The Morgan fingerprint density at radius 3 is 2.67 bits per heavy atom. The van der Waals surface area contributed by atoms with Gasteiger partial charge in [-0.3, -0.25) is 4.79 Å². The van der Waals surface area contributed by atoms with E-state index in [0.717, 1.165) is 24.8 Å². The molecule has 0 heterocycles. The minimum absolute atomic E-state index is 0.0647. The molecule has 0 atom stereocenters. The van der Waals surface area contributed by atoms with Crippen LogP contribution < -0.4 is 11.5 Å². The average molecular weight is 208 g/mol. The van der Waals surface area contributed by atoms with Crippen molar-refractivity contribution in [1.82, 2.24) is 0 Å². The Bertz CT molecular complexity index is 350. The fourth-order valence-electron chi connectivity index (χ4n) is 1.41. The van der Waals surface area contributed by atoms with Gasteiger partial charge in [-0.2, -0.15) is 0 Å². The molecule has 0 bridgehead atoms. The molecule has 15 heavy (non-hydrogen) atoms. The van der Waals surface area contributed by atoms with Crippen LogP contribution in [0.5, 0.6) is 5.75 Å². The van der Waals surface area contributed by atoms with Gasteiger partial charge in [0.2, 0.25) is 0 Å². The molecular weight excluding hydrogens is 192 g/mol. The van der Waals surface area contributed by atoms with Crippen LogP contribution in [0.1, 0.15) is 28.8 Å². The van der Waals surface area contributed by atoms with Crippen LogP contribution in [-0.4, -0.2) is 17.6 Å². The molecule has 0 unspecified atom stereocenters. The van der Waals surface area contributed by atoms with Gasteiger partial charge in [0, 0.05) is 0 Å². The molecular formula is C11H16N2O2. The topological polar surface area (TPSA) is 89.3 Å². The lowest BCUT2D eigenvalue weighted by Gasteiger charge is -2.04. The van der Waals surface area contributed by atoms with Gasteiger partial charge >= 0.3 is 0 Å². The molecule has 0 aliphatic heterocycles. The van der Waals surface area contributed by atoms with E-state index in [1.54, 1.807) is 12.1 Å². The lowest BCUT2D eigenvalue weighted by atomic mass is 10.0. The zero-order valence-corrected chi connectivity index (χ0v) is 8.57. The summed E-state index contributed by atoms with van der Waals surface area (Å²) in [6.07, 6.45) is 2.77. The summed E-state index contributed by atoms with van der Waals surface area (Å²) in [4.78, 5) is 10.9. The predicted octanol–water partition coefficient (Wildman–Crippen LogP) is 0.773. The number of phenols is 1. The number of aromatic hydroxyl groups is 1. The first kappa shape index (κ1) is 11.5. The van der Waals surface area contributed by atoms with E-state index in [1.165, 1.54) is 6.07 Å². The highest BCUT2D eigenvalue weighted by Gasteiger charge is 2.07. The van der Waals surface area contributed by atoms with Gasteiger partial charge in [-0.05, 0) is 43.5 Å². The van der Waals surface area contributed by atoms with Crippen molar-refractivity contribution in [3.8, 4) is 5.75 Å². The minimum atomic E-state index is -0.604. The van der Waals surface area contributed by atoms with Gasteiger partial charge < -0.3 is 16.6 Å². The molecule has 0 saturated carbocycles. The van der Waals surface area contributed by atoms with Gasteiger partial charge in [0.1, 0.15) is 5.75 Å². The number of unbranched alkanes of at least 4 members (excludes halogenated alkanes) is 1. The quantitative estimate of drug-likeness (QED) is 0.624. The molecule has 1 aromatic carbocycles. The first-order chi connectivity index (χ1) is 7.15. The molecule has 1 rings (SSSR count). The highest BCUT2D eigenvalue weighted by Crippen LogP contribution is 2.18. The number of hydrogen-bond acceptors (Lipinski definition) is 3. The van der Waals surface area contributed by atoms with Crippen LogP contribution in [0.4, 0.5) is 0 Å². The molecule has 0 fully saturated rings. The first-order valence-corrected chi connectivity index (χ1v) is 4.97. The van der Waals surface area contributed by atoms with Crippen LogP contribution in [0.2, 0.25) is 0 Å². The van der Waals surface area contributed by atoms with Crippen molar-refractivity contribution in [2.24, 2.45) is 11.5 Å². The van der Waals surface area contributed by atoms with Gasteiger partial charge in [-0.25, -0.2) is 0 Å². The lowest BCUT2D eigenvalue weighted by molar-refractivity contribution is 0.0997. The number of rotatable bonds is 5. The zero-order valence-electron chi connectivity index (χ0n) is 8.57. The van der Waals surface area contributed by atoms with E-state index in [1.807, 2.05) is 0 Å². The molecule has 1 aromatic rings. The number of primary amides is 1. The van der Waals surface area contributed by atoms with Crippen LogP contribution in [0.3, 0.4) is 0 Å². The highest BCUT2D eigenvalue weighted by molar-refractivity contribution is 5.95. The summed E-state index contributed by atoms with van der Waals surface area (Å²) in [5, 5.41) is 9.36. The lowest BCUT2D eigenvalue weighted by Crippen LogP contribution is -2.11. The number of hydrogen-bond donors (Lipinski definition) is 3. The van der Waals surface area contributed by atoms with Crippen LogP contribution in [0.15, 0.2) is 18.2 Å². The molecule has 0 saturated heterocycles. The van der Waals surface area contributed by atoms with E-state index in [-0.39, 0.29) is 11.3 Å². The first-order valence-electron chi connectivity index (χ1n) is 4.97. The molecule has 0 aliphatic rings. The molecule has 0 aliphatic carbocycles. The third kappa shape index (κ3) is 3.25. The van der Waals surface area contributed by atoms with Crippen molar-refractivity contribution in [1.29, 1.82) is 0 Å². The van der Waals surface area contributed by atoms with E-state index >= 15 is 0 Å². The Labute approximate surface area is 88.9 Å². The molecule has 0 aromatic heterocycles. The van der Waals surface area contributed by atoms with Crippen molar-refractivity contribution in [2.45, 2.75) is 19.3 Å². The third-order valence-corrected chi connectivity index (χ3v) is 2.25. The van der Waals surface area contributed by atoms with Gasteiger partial charge in [0.15, 0.2) is 0 Å². The summed E-state index contributed by atoms with van der Waals surface area (Å²) < 4.78 is 0. The summed E-state index contributed by atoms with van der Waals surface area (Å²) in [6, 6.07) is 4.92. The van der Waals surface area contributed by atoms with Crippen LogP contribution in [0, 0.1) is 0 Å². The number of aryl methyl sites for hydroxylation is 1. The minimum Gasteiger partial charge on any atom is -0.507 e. The Hall–Kier alpha value is -1.55. The number of carbonyl (C=O) groups excluding carboxylic acids is 1. The molecule has 4 heteroatoms. The smallest absolute Gasteiger partial charge is 0.252 e. The fourth-order valence-corrected chi connectivity index (χ4v) is 1.41. The van der Waals surface area contributed by atoms with E-state index in [2.05, 4.69) is 0 Å². The van der Waals surface area contributed by atoms with Gasteiger partial charge in [-0.15, -0.1) is 0 Å². The Kier molecular flexibility index (Phi) is 4.12. The van der Waals surface area contributed by atoms with Crippen molar-refractivity contribution < 1.29 is 9.90 Å². The van der Waals surface area contributed by atoms with E-state index in [9.17, 15) is 9.90 Å². The third-order valence-electron chi connectivity index (χ3n) is 2.25. The Balaban J connectivity index is 2.74. The molecule has 0 spiro atoms. The van der Waals surface area contributed by atoms with E-state index in [4.69, 9.17) is 11.5 Å². The Morgan fingerprint density at radius 2 is 2.07 bits per heavy atom. The standard InChI is InChI=1S/C11H16N2O2/c12-6-2-1-3-8-4-5-10(14)9(7-8)11(13)15/h4-5,7,14H,1-3,6,12H2,(H2,13,15). The van der Waals surface area contributed by atoms with Gasteiger partial charge in [-0.1, -0.05) is 6.07 Å². The maximum Gasteiger partial charge on any atom is 0.252 e. The van der Waals surface area contributed by atoms with Gasteiger partial charge in [0.05, 0.1) is 5.56 Å². The monoisotopic (exact) mass is 208 g/mol. The number of carbonyl (C=O) groups is 1. The maximum absolute atomic E-state index is 10.9. The summed E-state index contributed by atoms with van der Waals surface area (Å²) in [6.45, 7) is 0.667. The number of nitrogens with two attached hydrogens (primary N) is 2. The highest BCUT2D eigenvalue weighted by atomic mass is 16.3. The van der Waals surface area contributed by atoms with Crippen molar-refractivity contribution in [3.05, 3.63) is 29.3 Å². The van der Waals surface area contributed by atoms with Crippen LogP contribution in [0.25, 0.3) is 0 Å². The normalized spacial score (nSPS) is 10.2. The zero-order chi connectivity index (χ0) is 11.3. The van der Waals surface area contributed by atoms with Crippen molar-refractivity contribution in [2.75, 3.05) is 6.54 Å². The Morgan fingerprint density at radius 1 is 1.33 bits per heavy atom. The second-order valence-corrected chi connectivity index (χ2v) is 3.46. The molecule has 0 radical (unpaired) electrons. The van der Waals surface area contributed by atoms with E-state index < -0.39 is 5.91 Å². The van der Waals surface area contributed by atoms with Crippen molar-refractivity contribution >= 4 is 5.91 Å². The maximum atomic E-state index is 10.9. The second-order valence-electron chi connectivity index (χ2n) is 3.46. The summed E-state index contributed by atoms with van der Waals surface area (Å²) in [5.74, 6) is -0.668. The summed E-state index contributed by atoms with van der Waals surface area (Å²) in [7, 11) is 0. The number of benzene rings is 1. The van der Waals surface area contributed by atoms with Crippen molar-refractivity contribution in [3.63, 3.8) is 0 Å². The predicted molar refractivity (Wildman–Crippen MR) is 58.6 cm³/mol. The number of amides is 1. The van der Waals surface area contributed by atoms with Gasteiger partial charge in [0.25, 0.3) is 5.91 Å². The summed E-state index contributed by atoms with van der Waals surface area (Å²) >= 11 is 0. The largest absolute Gasteiger partial charge is 0.507 e. The average Bonchev–Trinajstić information content (AvgIpc) is 2.20.